The van der Waals surface area contributed by atoms with Crippen molar-refractivity contribution in [1.29, 1.82) is 0 Å². The number of anilines is 2. The SMILES string of the molecule is COc1ccc(-c2c(C)nn3c(Nc4cccc(Cl)c4)cc(C)nc23)cc1OC. The Labute approximate surface area is 174 Å². The Morgan fingerprint density at radius 2 is 1.76 bits per heavy atom. The highest BCUT2D eigenvalue weighted by molar-refractivity contribution is 6.30. The van der Waals surface area contributed by atoms with Gasteiger partial charge in [-0.1, -0.05) is 23.7 Å². The van der Waals surface area contributed by atoms with E-state index in [1.54, 1.807) is 14.2 Å². The molecule has 0 saturated heterocycles. The molecule has 6 nitrogen and oxygen atoms in total. The van der Waals surface area contributed by atoms with E-state index in [2.05, 4.69) is 5.32 Å². The molecule has 2 heterocycles. The first-order chi connectivity index (χ1) is 14.0. The molecule has 2 aromatic heterocycles. The zero-order valence-electron chi connectivity index (χ0n) is 16.7. The molecule has 0 amide bonds. The van der Waals surface area contributed by atoms with E-state index in [4.69, 9.17) is 31.2 Å². The standard InChI is InChI=1S/C22H21ClN4O2/c1-13-10-20(25-17-7-5-6-16(23)12-17)27-22(24-13)21(14(2)26-27)15-8-9-18(28-3)19(11-15)29-4/h5-12,25H,1-4H3. The molecule has 0 bridgehead atoms. The van der Waals surface area contributed by atoms with E-state index in [9.17, 15) is 0 Å². The van der Waals surface area contributed by atoms with Crippen molar-refractivity contribution in [2.75, 3.05) is 19.5 Å². The molecule has 0 radical (unpaired) electrons. The molecular weight excluding hydrogens is 388 g/mol. The zero-order chi connectivity index (χ0) is 20.5. The average molecular weight is 409 g/mol. The number of hydrogen-bond donors (Lipinski definition) is 1. The largest absolute Gasteiger partial charge is 0.493 e. The molecule has 0 aliphatic carbocycles. The highest BCUT2D eigenvalue weighted by atomic mass is 35.5. The molecule has 0 aliphatic rings. The maximum atomic E-state index is 6.13. The molecule has 0 atom stereocenters. The summed E-state index contributed by atoms with van der Waals surface area (Å²) in [4.78, 5) is 4.75. The van der Waals surface area contributed by atoms with E-state index < -0.39 is 0 Å². The predicted octanol–water partition coefficient (Wildman–Crippen LogP) is 5.43. The first-order valence-electron chi connectivity index (χ1n) is 9.12. The van der Waals surface area contributed by atoms with Crippen LogP contribution < -0.4 is 14.8 Å². The van der Waals surface area contributed by atoms with E-state index >= 15 is 0 Å². The van der Waals surface area contributed by atoms with Gasteiger partial charge in [0.1, 0.15) is 5.82 Å². The van der Waals surface area contributed by atoms with Crippen LogP contribution in [0, 0.1) is 13.8 Å². The number of benzene rings is 2. The summed E-state index contributed by atoms with van der Waals surface area (Å²) >= 11 is 6.13. The highest BCUT2D eigenvalue weighted by Crippen LogP contribution is 2.36. The first-order valence-corrected chi connectivity index (χ1v) is 9.50. The second-order valence-electron chi connectivity index (χ2n) is 6.68. The van der Waals surface area contributed by atoms with Gasteiger partial charge in [0.15, 0.2) is 17.1 Å². The first kappa shape index (κ1) is 19.1. The van der Waals surface area contributed by atoms with Crippen molar-refractivity contribution < 1.29 is 9.47 Å². The van der Waals surface area contributed by atoms with Crippen LogP contribution in [0.3, 0.4) is 0 Å². The molecule has 0 spiro atoms. The molecule has 148 valence electrons. The summed E-state index contributed by atoms with van der Waals surface area (Å²) in [6.45, 7) is 3.93. The van der Waals surface area contributed by atoms with Crippen LogP contribution in [0.4, 0.5) is 11.5 Å². The number of aryl methyl sites for hydroxylation is 2. The van der Waals surface area contributed by atoms with Crippen molar-refractivity contribution in [3.05, 3.63) is 64.9 Å². The van der Waals surface area contributed by atoms with Gasteiger partial charge in [-0.05, 0) is 49.7 Å². The lowest BCUT2D eigenvalue weighted by Gasteiger charge is -2.11. The fourth-order valence-electron chi connectivity index (χ4n) is 3.38. The van der Waals surface area contributed by atoms with Crippen LogP contribution in [0.1, 0.15) is 11.4 Å². The van der Waals surface area contributed by atoms with Gasteiger partial charge in [-0.3, -0.25) is 0 Å². The maximum Gasteiger partial charge on any atom is 0.165 e. The van der Waals surface area contributed by atoms with Gasteiger partial charge >= 0.3 is 0 Å². The van der Waals surface area contributed by atoms with Crippen LogP contribution in [0.5, 0.6) is 11.5 Å². The average Bonchev–Trinajstić information content (AvgIpc) is 3.03. The Kier molecular flexibility index (Phi) is 5.03. The number of halogens is 1. The van der Waals surface area contributed by atoms with Gasteiger partial charge in [0.05, 0.1) is 19.9 Å². The fraction of sp³-hybridized carbons (Fsp3) is 0.182. The number of methoxy groups -OCH3 is 2. The molecule has 0 unspecified atom stereocenters. The third-order valence-electron chi connectivity index (χ3n) is 4.66. The molecule has 4 aromatic rings. The van der Waals surface area contributed by atoms with Crippen molar-refractivity contribution in [1.82, 2.24) is 14.6 Å². The van der Waals surface area contributed by atoms with E-state index in [0.29, 0.717) is 16.5 Å². The number of fused-ring (bicyclic) bond motifs is 1. The molecule has 4 rings (SSSR count). The molecule has 2 aromatic carbocycles. The van der Waals surface area contributed by atoms with Gasteiger partial charge in [-0.2, -0.15) is 9.61 Å². The summed E-state index contributed by atoms with van der Waals surface area (Å²) in [6, 6.07) is 15.3. The minimum absolute atomic E-state index is 0.661. The fourth-order valence-corrected chi connectivity index (χ4v) is 3.57. The van der Waals surface area contributed by atoms with Crippen molar-refractivity contribution in [2.24, 2.45) is 0 Å². The van der Waals surface area contributed by atoms with Gasteiger partial charge in [0.25, 0.3) is 0 Å². The molecule has 0 saturated carbocycles. The minimum Gasteiger partial charge on any atom is -0.493 e. The molecule has 1 N–H and O–H groups in total. The summed E-state index contributed by atoms with van der Waals surface area (Å²) in [7, 11) is 3.25. The van der Waals surface area contributed by atoms with Crippen LogP contribution in [0.15, 0.2) is 48.5 Å². The van der Waals surface area contributed by atoms with Crippen LogP contribution in [-0.2, 0) is 0 Å². The van der Waals surface area contributed by atoms with Crippen LogP contribution in [-0.4, -0.2) is 28.8 Å². The number of rotatable bonds is 5. The van der Waals surface area contributed by atoms with Gasteiger partial charge < -0.3 is 14.8 Å². The number of ether oxygens (including phenoxy) is 2. The Balaban J connectivity index is 1.87. The number of aromatic nitrogens is 3. The summed E-state index contributed by atoms with van der Waals surface area (Å²) in [6.07, 6.45) is 0. The Morgan fingerprint density at radius 1 is 0.966 bits per heavy atom. The molecule has 0 aliphatic heterocycles. The van der Waals surface area contributed by atoms with Gasteiger partial charge in [-0.25, -0.2) is 4.98 Å². The Morgan fingerprint density at radius 3 is 2.48 bits per heavy atom. The second kappa shape index (κ2) is 7.64. The smallest absolute Gasteiger partial charge is 0.165 e. The van der Waals surface area contributed by atoms with Crippen molar-refractivity contribution in [3.63, 3.8) is 0 Å². The molecule has 0 fully saturated rings. The third kappa shape index (κ3) is 3.59. The van der Waals surface area contributed by atoms with Crippen molar-refractivity contribution in [2.45, 2.75) is 13.8 Å². The Bertz CT molecular complexity index is 1200. The topological polar surface area (TPSA) is 60.7 Å². The summed E-state index contributed by atoms with van der Waals surface area (Å²) in [5.74, 6) is 2.15. The molecular formula is C22H21ClN4O2. The van der Waals surface area contributed by atoms with E-state index in [-0.39, 0.29) is 0 Å². The van der Waals surface area contributed by atoms with Crippen LogP contribution in [0.2, 0.25) is 5.02 Å². The quantitative estimate of drug-likeness (QED) is 0.477. The van der Waals surface area contributed by atoms with Gasteiger partial charge in [0.2, 0.25) is 0 Å². The van der Waals surface area contributed by atoms with Crippen molar-refractivity contribution >= 4 is 28.8 Å². The summed E-state index contributed by atoms with van der Waals surface area (Å²) in [5.41, 5.74) is 5.29. The lowest BCUT2D eigenvalue weighted by Crippen LogP contribution is -2.02. The van der Waals surface area contributed by atoms with Crippen LogP contribution in [0.25, 0.3) is 16.8 Å². The summed E-state index contributed by atoms with van der Waals surface area (Å²) in [5, 5.41) is 8.79. The minimum atomic E-state index is 0.661. The zero-order valence-corrected chi connectivity index (χ0v) is 17.4. The third-order valence-corrected chi connectivity index (χ3v) is 4.90. The van der Waals surface area contributed by atoms with Crippen molar-refractivity contribution in [3.8, 4) is 22.6 Å². The maximum absolute atomic E-state index is 6.13. The highest BCUT2D eigenvalue weighted by Gasteiger charge is 2.18. The monoisotopic (exact) mass is 408 g/mol. The number of nitrogens with one attached hydrogen (secondary N) is 1. The van der Waals surface area contributed by atoms with Gasteiger partial charge in [-0.15, -0.1) is 0 Å². The molecule has 29 heavy (non-hydrogen) atoms. The molecule has 7 heteroatoms. The van der Waals surface area contributed by atoms with E-state index in [0.717, 1.165) is 39.7 Å². The summed E-state index contributed by atoms with van der Waals surface area (Å²) < 4.78 is 12.6. The lowest BCUT2D eigenvalue weighted by atomic mass is 10.1. The van der Waals surface area contributed by atoms with Gasteiger partial charge in [0, 0.05) is 28.0 Å². The second-order valence-corrected chi connectivity index (χ2v) is 7.12. The Hall–Kier alpha value is -3.25. The lowest BCUT2D eigenvalue weighted by molar-refractivity contribution is 0.355. The normalized spacial score (nSPS) is 10.9. The number of nitrogens with zero attached hydrogens (tertiary/aromatic N) is 3. The van der Waals surface area contributed by atoms with E-state index in [1.165, 1.54) is 0 Å². The number of hydrogen-bond acceptors (Lipinski definition) is 5. The predicted molar refractivity (Wildman–Crippen MR) is 116 cm³/mol. The van der Waals surface area contributed by atoms with E-state index in [1.807, 2.05) is 66.9 Å². The van der Waals surface area contributed by atoms with Crippen LogP contribution >= 0.6 is 11.6 Å².